The van der Waals surface area contributed by atoms with E-state index in [1.807, 2.05) is 6.07 Å². The Hall–Kier alpha value is -4.56. The minimum absolute atomic E-state index is 0.878. The number of hydrogen-bond acceptors (Lipinski definition) is 2. The third kappa shape index (κ3) is 13.9. The molecule has 0 radical (unpaired) electrons. The molecule has 0 fully saturated rings. The molecule has 0 saturated carbocycles. The molecule has 2 nitrogen and oxygen atoms in total. The molecule has 6 aromatic rings. The van der Waals surface area contributed by atoms with Crippen LogP contribution in [-0.4, -0.2) is 0 Å². The number of aryl methyl sites for hydroxylation is 2. The van der Waals surface area contributed by atoms with Crippen LogP contribution in [0.2, 0.25) is 0 Å². The van der Waals surface area contributed by atoms with Crippen LogP contribution >= 0.6 is 0 Å². The smallest absolute Gasteiger partial charge is 0.0473 e. The van der Waals surface area contributed by atoms with Gasteiger partial charge in [0.1, 0.15) is 0 Å². The Labute approximate surface area is 334 Å². The topological polar surface area (TPSA) is 38.0 Å². The second kappa shape index (κ2) is 24.1. The van der Waals surface area contributed by atoms with Gasteiger partial charge in [-0.05, 0) is 71.3 Å². The summed E-state index contributed by atoms with van der Waals surface area (Å²) in [5, 5.41) is 8.46. The number of nitrogens with one attached hydrogen (secondary N) is 1. The summed E-state index contributed by atoms with van der Waals surface area (Å²) in [5.74, 6) is 0. The summed E-state index contributed by atoms with van der Waals surface area (Å²) >= 11 is 0. The van der Waals surface area contributed by atoms with Crippen LogP contribution in [0.5, 0.6) is 0 Å². The van der Waals surface area contributed by atoms with E-state index in [1.165, 1.54) is 161 Å². The molecular formula is C53H68N2. The molecule has 55 heavy (non-hydrogen) atoms. The molecule has 0 aliphatic heterocycles. The van der Waals surface area contributed by atoms with Crippen molar-refractivity contribution in [2.24, 2.45) is 0 Å². The zero-order chi connectivity index (χ0) is 38.3. The predicted molar refractivity (Wildman–Crippen MR) is 245 cm³/mol. The first kappa shape index (κ1) is 41.6. The van der Waals surface area contributed by atoms with E-state index in [4.69, 9.17) is 5.73 Å². The molecule has 2 heteroatoms. The van der Waals surface area contributed by atoms with Gasteiger partial charge in [0.25, 0.3) is 0 Å². The lowest BCUT2D eigenvalue weighted by atomic mass is 9.97. The van der Waals surface area contributed by atoms with Gasteiger partial charge in [-0.1, -0.05) is 219 Å². The van der Waals surface area contributed by atoms with E-state index in [0.717, 1.165) is 22.3 Å². The van der Waals surface area contributed by atoms with Crippen LogP contribution in [0.1, 0.15) is 134 Å². The lowest BCUT2D eigenvalue weighted by Gasteiger charge is -2.10. The molecule has 6 aromatic carbocycles. The van der Waals surface area contributed by atoms with Crippen molar-refractivity contribution in [3.8, 4) is 11.1 Å². The van der Waals surface area contributed by atoms with Crippen LogP contribution in [0.15, 0.2) is 127 Å². The van der Waals surface area contributed by atoms with Crippen molar-refractivity contribution in [1.82, 2.24) is 0 Å². The average Bonchev–Trinajstić information content (AvgIpc) is 3.23. The summed E-state index contributed by atoms with van der Waals surface area (Å²) in [4.78, 5) is 0. The quantitative estimate of drug-likeness (QED) is 0.0539. The summed E-state index contributed by atoms with van der Waals surface area (Å²) in [6, 6.07) is 45.5. The van der Waals surface area contributed by atoms with Crippen LogP contribution < -0.4 is 11.1 Å². The number of rotatable bonds is 22. The summed E-state index contributed by atoms with van der Waals surface area (Å²) in [7, 11) is 0. The van der Waals surface area contributed by atoms with Gasteiger partial charge >= 0.3 is 0 Å². The van der Waals surface area contributed by atoms with Crippen molar-refractivity contribution in [3.05, 3.63) is 139 Å². The number of nitrogen functional groups attached to an aromatic ring is 1. The summed E-state index contributed by atoms with van der Waals surface area (Å²) in [6.45, 7) is 4.56. The van der Waals surface area contributed by atoms with Gasteiger partial charge in [-0.25, -0.2) is 0 Å². The molecule has 6 rings (SSSR count). The minimum atomic E-state index is 0.878. The number of hydrogen-bond donors (Lipinski definition) is 2. The number of unbranched alkanes of at least 4 members (excludes halogenated alkanes) is 15. The molecule has 0 saturated heterocycles. The van der Waals surface area contributed by atoms with E-state index >= 15 is 0 Å². The van der Waals surface area contributed by atoms with Crippen molar-refractivity contribution in [2.75, 3.05) is 11.1 Å². The highest BCUT2D eigenvalue weighted by atomic mass is 14.9. The number of nitrogens with two attached hydrogens (primary N) is 1. The van der Waals surface area contributed by atoms with E-state index < -0.39 is 0 Å². The van der Waals surface area contributed by atoms with Crippen LogP contribution in [0, 0.1) is 0 Å². The lowest BCUT2D eigenvalue weighted by Crippen LogP contribution is -1.92. The highest BCUT2D eigenvalue weighted by Gasteiger charge is 2.07. The molecule has 0 unspecified atom stereocenters. The van der Waals surface area contributed by atoms with Crippen molar-refractivity contribution in [3.63, 3.8) is 0 Å². The van der Waals surface area contributed by atoms with Gasteiger partial charge in [0.2, 0.25) is 0 Å². The fourth-order valence-electron chi connectivity index (χ4n) is 7.75. The molecule has 0 bridgehead atoms. The monoisotopic (exact) mass is 733 g/mol. The van der Waals surface area contributed by atoms with E-state index in [9.17, 15) is 0 Å². The Morgan fingerprint density at radius 2 is 0.855 bits per heavy atom. The maximum absolute atomic E-state index is 6.44. The Kier molecular flexibility index (Phi) is 18.2. The maximum Gasteiger partial charge on any atom is 0.0473 e. The Bertz CT molecular complexity index is 1930. The number of benzene rings is 6. The molecule has 0 heterocycles. The van der Waals surface area contributed by atoms with Crippen molar-refractivity contribution in [1.29, 1.82) is 0 Å². The van der Waals surface area contributed by atoms with Crippen LogP contribution in [0.3, 0.4) is 0 Å². The van der Waals surface area contributed by atoms with Gasteiger partial charge in [0.05, 0.1) is 0 Å². The fourth-order valence-corrected chi connectivity index (χ4v) is 7.75. The second-order valence-corrected chi connectivity index (χ2v) is 15.6. The molecule has 0 amide bonds. The molecule has 0 spiro atoms. The van der Waals surface area contributed by atoms with Gasteiger partial charge in [-0.2, -0.15) is 0 Å². The Morgan fingerprint density at radius 1 is 0.400 bits per heavy atom. The van der Waals surface area contributed by atoms with E-state index in [-0.39, 0.29) is 0 Å². The van der Waals surface area contributed by atoms with E-state index in [1.54, 1.807) is 0 Å². The largest absolute Gasteiger partial charge is 0.398 e. The predicted octanol–water partition coefficient (Wildman–Crippen LogP) is 16.4. The fraction of sp³-hybridized carbons (Fsp3) is 0.396. The van der Waals surface area contributed by atoms with Gasteiger partial charge in [-0.15, -0.1) is 0 Å². The van der Waals surface area contributed by atoms with Crippen LogP contribution in [0.4, 0.5) is 17.1 Å². The normalized spacial score (nSPS) is 11.1. The molecular weight excluding hydrogens is 665 g/mol. The first-order valence-corrected chi connectivity index (χ1v) is 21.9. The first-order valence-electron chi connectivity index (χ1n) is 21.9. The SMILES string of the molecule is CCCCCCCCCCCCc1ccc(Nc2cccc3ccccc23)cc1.CCCCCCCCCc1ccc(-c2ccc3ccccc3c2N)cc1. The zero-order valence-electron chi connectivity index (χ0n) is 34.1. The maximum atomic E-state index is 6.44. The van der Waals surface area contributed by atoms with Crippen LogP contribution in [0.25, 0.3) is 32.7 Å². The first-order chi connectivity index (χ1) is 27.2. The molecule has 0 atom stereocenters. The van der Waals surface area contributed by atoms with E-state index in [2.05, 4.69) is 140 Å². The Balaban J connectivity index is 0.000000212. The zero-order valence-corrected chi connectivity index (χ0v) is 34.1. The highest BCUT2D eigenvalue weighted by Crippen LogP contribution is 2.33. The Morgan fingerprint density at radius 3 is 1.42 bits per heavy atom. The van der Waals surface area contributed by atoms with Crippen molar-refractivity contribution in [2.45, 2.75) is 136 Å². The molecule has 290 valence electrons. The minimum Gasteiger partial charge on any atom is -0.398 e. The lowest BCUT2D eigenvalue weighted by molar-refractivity contribution is 0.556. The third-order valence-electron chi connectivity index (χ3n) is 11.1. The van der Waals surface area contributed by atoms with Gasteiger partial charge in [0.15, 0.2) is 0 Å². The summed E-state index contributed by atoms with van der Waals surface area (Å²) in [6.07, 6.45) is 25.9. The second-order valence-electron chi connectivity index (χ2n) is 15.6. The van der Waals surface area contributed by atoms with Gasteiger partial charge in [0, 0.05) is 33.4 Å². The molecule has 0 aromatic heterocycles. The highest BCUT2D eigenvalue weighted by molar-refractivity contribution is 6.00. The number of fused-ring (bicyclic) bond motifs is 2. The summed E-state index contributed by atoms with van der Waals surface area (Å²) < 4.78 is 0. The van der Waals surface area contributed by atoms with E-state index in [0.29, 0.717) is 0 Å². The van der Waals surface area contributed by atoms with Gasteiger partial charge in [-0.3, -0.25) is 0 Å². The van der Waals surface area contributed by atoms with Gasteiger partial charge < -0.3 is 11.1 Å². The number of anilines is 3. The standard InChI is InChI=1S/C28H37N.C25H31N/c1-2-3-4-5-6-7-8-9-10-11-15-24-20-22-26(23-21-24)29-28-19-14-17-25-16-12-13-18-27(25)28;1-2-3-4-5-6-7-8-11-20-14-16-22(17-15-20)24-19-18-21-12-9-10-13-23(21)25(24)26/h12-14,16-23,29H,2-11,15H2,1H3;9-10,12-19H,2-8,11,26H2,1H3. The third-order valence-corrected chi connectivity index (χ3v) is 11.1. The molecule has 0 aliphatic rings. The van der Waals surface area contributed by atoms with Crippen LogP contribution in [-0.2, 0) is 12.8 Å². The van der Waals surface area contributed by atoms with Crippen molar-refractivity contribution < 1.29 is 0 Å². The summed E-state index contributed by atoms with van der Waals surface area (Å²) in [5.41, 5.74) is 14.9. The molecule has 3 N–H and O–H groups in total. The molecule has 0 aliphatic carbocycles. The van der Waals surface area contributed by atoms with Crippen molar-refractivity contribution >= 4 is 38.6 Å². The average molecular weight is 733 g/mol.